The molecule has 0 aliphatic rings. The summed E-state index contributed by atoms with van der Waals surface area (Å²) in [5.41, 5.74) is 0. The van der Waals surface area contributed by atoms with Gasteiger partial charge in [0.1, 0.15) is 0 Å². The smallest absolute Gasteiger partial charge is 0.870 e. The molecule has 0 aromatic heterocycles. The van der Waals surface area contributed by atoms with Crippen molar-refractivity contribution in [1.29, 1.82) is 0 Å². The van der Waals surface area contributed by atoms with E-state index in [0.29, 0.717) is 0 Å². The van der Waals surface area contributed by atoms with Crippen molar-refractivity contribution in [2.24, 2.45) is 0 Å². The second-order valence-electron chi connectivity index (χ2n) is 0.408. The molecular weight excluding hydrogens is 228 g/mol. The summed E-state index contributed by atoms with van der Waals surface area (Å²) in [5.74, 6) is 0. The maximum atomic E-state index is 8.52. The van der Waals surface area contributed by atoms with E-state index in [9.17, 15) is 0 Å². The van der Waals surface area contributed by atoms with Gasteiger partial charge in [-0.25, -0.2) is 0 Å². The molecule has 0 aromatic carbocycles. The summed E-state index contributed by atoms with van der Waals surface area (Å²) >= 11 is 0. The minimum atomic E-state index is -5.17. The molecule has 0 heterocycles. The molecule has 0 spiro atoms. The summed E-state index contributed by atoms with van der Waals surface area (Å²) in [5, 5.41) is 0. The molecule has 0 atom stereocenters. The van der Waals surface area contributed by atoms with E-state index in [1.165, 1.54) is 0 Å². The van der Waals surface area contributed by atoms with Gasteiger partial charge < -0.3 is 14.6 Å². The van der Waals surface area contributed by atoms with Crippen molar-refractivity contribution in [3.8, 4) is 0 Å². The van der Waals surface area contributed by atoms with Crippen molar-refractivity contribution in [3.63, 3.8) is 0 Å². The fourth-order valence-electron chi connectivity index (χ4n) is 0. The molecule has 1 N–H and O–H groups in total. The second-order valence-corrected chi connectivity index (χ2v) is 1.22. The molecule has 0 saturated carbocycles. The molecular formula is HCrCuO5S+2. The Kier molecular flexibility index (Phi) is 22.8. The third-order valence-electron chi connectivity index (χ3n) is 0. The first-order chi connectivity index (χ1) is 2.00. The van der Waals surface area contributed by atoms with Crippen LogP contribution in [0.1, 0.15) is 0 Å². The molecule has 0 aliphatic heterocycles. The quantitative estimate of drug-likeness (QED) is 0.284. The van der Waals surface area contributed by atoms with Crippen molar-refractivity contribution in [3.05, 3.63) is 0 Å². The molecule has 8 heteroatoms. The van der Waals surface area contributed by atoms with Gasteiger partial charge in [0.15, 0.2) is 0 Å². The normalized spacial score (nSPS) is 7.25. The molecule has 52 valence electrons. The van der Waals surface area contributed by atoms with Crippen molar-refractivity contribution in [2.75, 3.05) is 0 Å². The fourth-order valence-corrected chi connectivity index (χ4v) is 0. The van der Waals surface area contributed by atoms with Gasteiger partial charge in [-0.15, -0.1) is 0 Å². The van der Waals surface area contributed by atoms with E-state index in [1.807, 2.05) is 0 Å². The number of hydrogen-bond donors (Lipinski definition) is 0. The van der Waals surface area contributed by atoms with Gasteiger partial charge >= 0.3 is 34.4 Å². The van der Waals surface area contributed by atoms with Gasteiger partial charge in [0.2, 0.25) is 0 Å². The van der Waals surface area contributed by atoms with Crippen LogP contribution in [0.2, 0.25) is 0 Å². The SMILES string of the molecule is O=S(=O)([O-])[O-].[Cr+3].[Cu+2].[OH-]. The summed E-state index contributed by atoms with van der Waals surface area (Å²) in [6.45, 7) is 0. The van der Waals surface area contributed by atoms with Gasteiger partial charge in [0, 0.05) is 10.4 Å². The van der Waals surface area contributed by atoms with E-state index >= 15 is 0 Å². The Labute approximate surface area is 68.0 Å². The summed E-state index contributed by atoms with van der Waals surface area (Å²) in [7, 11) is -5.17. The summed E-state index contributed by atoms with van der Waals surface area (Å²) in [4.78, 5) is 0. The Hall–Kier alpha value is 0.882. The van der Waals surface area contributed by atoms with E-state index in [1.54, 1.807) is 0 Å². The van der Waals surface area contributed by atoms with Crippen LogP contribution < -0.4 is 0 Å². The second kappa shape index (κ2) is 7.88. The van der Waals surface area contributed by atoms with Crippen molar-refractivity contribution >= 4 is 10.4 Å². The van der Waals surface area contributed by atoms with E-state index in [2.05, 4.69) is 0 Å². The molecule has 5 nitrogen and oxygen atoms in total. The van der Waals surface area contributed by atoms with Crippen molar-refractivity contribution in [2.45, 2.75) is 0 Å². The third kappa shape index (κ3) is 306. The molecule has 0 amide bonds. The van der Waals surface area contributed by atoms with Crippen LogP contribution in [0, 0.1) is 0 Å². The Morgan fingerprint density at radius 2 is 1.12 bits per heavy atom. The molecule has 0 rings (SSSR count). The molecule has 0 aromatic rings. The summed E-state index contributed by atoms with van der Waals surface area (Å²) in [6, 6.07) is 0. The molecule has 0 aliphatic carbocycles. The van der Waals surface area contributed by atoms with Crippen molar-refractivity contribution in [1.82, 2.24) is 0 Å². The maximum absolute atomic E-state index is 8.52. The van der Waals surface area contributed by atoms with E-state index < -0.39 is 10.4 Å². The predicted octanol–water partition coefficient (Wildman–Crippen LogP) is -1.52. The van der Waals surface area contributed by atoms with Crippen LogP contribution in [0.4, 0.5) is 0 Å². The van der Waals surface area contributed by atoms with Gasteiger partial charge in [-0.3, -0.25) is 8.42 Å². The molecule has 2 radical (unpaired) electrons. The van der Waals surface area contributed by atoms with Crippen LogP contribution in [0.5, 0.6) is 0 Å². The Balaban J connectivity index is -0.0000000267. The average molecular weight is 229 g/mol. The largest absolute Gasteiger partial charge is 3.00 e. The predicted molar refractivity (Wildman–Crippen MR) is 12.4 cm³/mol. The van der Waals surface area contributed by atoms with Crippen LogP contribution in [-0.2, 0) is 44.8 Å². The van der Waals surface area contributed by atoms with Crippen LogP contribution in [-0.4, -0.2) is 23.0 Å². The van der Waals surface area contributed by atoms with Gasteiger partial charge in [-0.05, 0) is 0 Å². The first-order valence-corrected chi connectivity index (χ1v) is 2.00. The molecule has 8 heavy (non-hydrogen) atoms. The third-order valence-corrected chi connectivity index (χ3v) is 0. The monoisotopic (exact) mass is 228 g/mol. The zero-order valence-corrected chi connectivity index (χ0v) is 6.23. The minimum Gasteiger partial charge on any atom is -0.870 e. The first-order valence-electron chi connectivity index (χ1n) is 0.667. The number of hydrogen-bond acceptors (Lipinski definition) is 5. The minimum absolute atomic E-state index is 0. The van der Waals surface area contributed by atoms with E-state index in [-0.39, 0.29) is 39.9 Å². The average Bonchev–Trinajstić information content (AvgIpc) is 0.722. The summed E-state index contributed by atoms with van der Waals surface area (Å²) in [6.07, 6.45) is 0. The molecule has 0 saturated heterocycles. The van der Waals surface area contributed by atoms with Gasteiger partial charge in [-0.1, -0.05) is 0 Å². The van der Waals surface area contributed by atoms with Crippen LogP contribution in [0.15, 0.2) is 0 Å². The Morgan fingerprint density at radius 3 is 1.12 bits per heavy atom. The van der Waals surface area contributed by atoms with Crippen LogP contribution in [0.25, 0.3) is 0 Å². The first kappa shape index (κ1) is 23.2. The topological polar surface area (TPSA) is 110 Å². The van der Waals surface area contributed by atoms with Crippen LogP contribution >= 0.6 is 0 Å². The molecule has 0 bridgehead atoms. The summed E-state index contributed by atoms with van der Waals surface area (Å²) < 4.78 is 34.1. The van der Waals surface area contributed by atoms with Crippen LogP contribution in [0.3, 0.4) is 0 Å². The molecule has 0 unspecified atom stereocenters. The van der Waals surface area contributed by atoms with Gasteiger partial charge in [0.05, 0.1) is 0 Å². The van der Waals surface area contributed by atoms with E-state index in [0.717, 1.165) is 0 Å². The number of rotatable bonds is 0. The van der Waals surface area contributed by atoms with Gasteiger partial charge in [0.25, 0.3) is 0 Å². The van der Waals surface area contributed by atoms with E-state index in [4.69, 9.17) is 17.5 Å². The maximum Gasteiger partial charge on any atom is 3.00 e. The zero-order valence-electron chi connectivity index (χ0n) is 3.20. The fraction of sp³-hybridized carbons (Fsp3) is 0. The Morgan fingerprint density at radius 1 is 1.12 bits per heavy atom. The van der Waals surface area contributed by atoms with Gasteiger partial charge in [-0.2, -0.15) is 0 Å². The zero-order chi connectivity index (χ0) is 4.50. The standard InChI is InChI=1S/Cr.Cu.H2O4S.H2O/c;;1-5(2,3)4;/h;;(H2,1,2,3,4);1H2/q+3;+2;;/p-3. The Bertz CT molecular complexity index is 95.6. The molecule has 0 fully saturated rings. The van der Waals surface area contributed by atoms with Crippen molar-refractivity contribution < 1.29 is 57.4 Å².